The summed E-state index contributed by atoms with van der Waals surface area (Å²) in [5.74, 6) is 0. The minimum atomic E-state index is -0.458. The van der Waals surface area contributed by atoms with Crippen LogP contribution >= 0.6 is 11.6 Å². The van der Waals surface area contributed by atoms with Gasteiger partial charge < -0.3 is 9.47 Å². The Hall–Kier alpha value is -1.16. The van der Waals surface area contributed by atoms with Gasteiger partial charge in [-0.3, -0.25) is 0 Å². The highest BCUT2D eigenvalue weighted by atomic mass is 35.5. The number of halogens is 1. The fraction of sp³-hybridized carbons (Fsp3) is 0.400. The van der Waals surface area contributed by atoms with Crippen molar-refractivity contribution in [3.63, 3.8) is 0 Å². The number of pyridine rings is 1. The molecule has 2 aromatic rings. The highest BCUT2D eigenvalue weighted by Crippen LogP contribution is 2.29. The molecule has 3 nitrogen and oxygen atoms in total. The van der Waals surface area contributed by atoms with E-state index in [0.717, 1.165) is 22.0 Å². The second-order valence-electron chi connectivity index (χ2n) is 4.31. The van der Waals surface area contributed by atoms with Crippen LogP contribution < -0.4 is 0 Å². The summed E-state index contributed by atoms with van der Waals surface area (Å²) in [5, 5.41) is 1.47. The van der Waals surface area contributed by atoms with Crippen molar-refractivity contribution >= 4 is 22.5 Å². The Kier molecular flexibility index (Phi) is 4.75. The predicted molar refractivity (Wildman–Crippen MR) is 77.5 cm³/mol. The lowest BCUT2D eigenvalue weighted by atomic mass is 10.1. The molecule has 1 aromatic heterocycles. The summed E-state index contributed by atoms with van der Waals surface area (Å²) in [4.78, 5) is 4.43. The summed E-state index contributed by atoms with van der Waals surface area (Å²) in [6, 6.07) is 8.09. The summed E-state index contributed by atoms with van der Waals surface area (Å²) >= 11 is 6.25. The Labute approximate surface area is 118 Å². The van der Waals surface area contributed by atoms with Gasteiger partial charge in [-0.25, -0.2) is 4.98 Å². The summed E-state index contributed by atoms with van der Waals surface area (Å²) in [6.07, 6.45) is -0.458. The fourth-order valence-electron chi connectivity index (χ4n) is 1.97. The first-order chi connectivity index (χ1) is 9.15. The Bertz CT molecular complexity index is 565. The van der Waals surface area contributed by atoms with Gasteiger partial charge in [-0.15, -0.1) is 0 Å². The molecule has 0 aliphatic heterocycles. The molecule has 0 saturated heterocycles. The van der Waals surface area contributed by atoms with E-state index in [4.69, 9.17) is 21.1 Å². The van der Waals surface area contributed by atoms with Crippen LogP contribution in [0.5, 0.6) is 0 Å². The maximum absolute atomic E-state index is 6.25. The number of nitrogens with zero attached hydrogens (tertiary/aromatic N) is 1. The standard InChI is InChI=1S/C15H18ClNO2/c1-4-18-15(19-5-2)12-9-11-7-6-10(3)8-13(11)17-14(12)16/h6-9,15H,4-5H2,1-3H3. The van der Waals surface area contributed by atoms with Crippen LogP contribution in [0.1, 0.15) is 31.3 Å². The average Bonchev–Trinajstić information content (AvgIpc) is 2.37. The van der Waals surface area contributed by atoms with Gasteiger partial charge in [-0.05, 0) is 38.5 Å². The fourth-order valence-corrected chi connectivity index (χ4v) is 2.20. The normalized spacial score (nSPS) is 11.4. The van der Waals surface area contributed by atoms with Crippen LogP contribution in [-0.4, -0.2) is 18.2 Å². The molecule has 0 atom stereocenters. The topological polar surface area (TPSA) is 31.4 Å². The van der Waals surface area contributed by atoms with Crippen molar-refractivity contribution in [3.8, 4) is 0 Å². The lowest BCUT2D eigenvalue weighted by Crippen LogP contribution is -2.10. The van der Waals surface area contributed by atoms with Crippen molar-refractivity contribution in [3.05, 3.63) is 40.5 Å². The van der Waals surface area contributed by atoms with Crippen LogP contribution in [0.3, 0.4) is 0 Å². The zero-order valence-corrected chi connectivity index (χ0v) is 12.2. The second-order valence-corrected chi connectivity index (χ2v) is 4.67. The van der Waals surface area contributed by atoms with Crippen LogP contribution in [0.15, 0.2) is 24.3 Å². The molecule has 0 N–H and O–H groups in total. The number of ether oxygens (including phenoxy) is 2. The number of aryl methyl sites for hydroxylation is 1. The van der Waals surface area contributed by atoms with Gasteiger partial charge in [0.1, 0.15) is 5.15 Å². The number of hydrogen-bond donors (Lipinski definition) is 0. The SMILES string of the molecule is CCOC(OCC)c1cc2ccc(C)cc2nc1Cl. The average molecular weight is 280 g/mol. The number of aromatic nitrogens is 1. The molecule has 2 rings (SSSR count). The summed E-state index contributed by atoms with van der Waals surface area (Å²) in [5.41, 5.74) is 2.83. The third kappa shape index (κ3) is 3.24. The predicted octanol–water partition coefficient (Wildman–Crippen LogP) is 4.27. The van der Waals surface area contributed by atoms with Crippen molar-refractivity contribution in [2.24, 2.45) is 0 Å². The van der Waals surface area contributed by atoms with E-state index < -0.39 is 6.29 Å². The largest absolute Gasteiger partial charge is 0.349 e. The summed E-state index contributed by atoms with van der Waals surface area (Å²) in [7, 11) is 0. The van der Waals surface area contributed by atoms with Crippen LogP contribution in [0, 0.1) is 6.92 Å². The van der Waals surface area contributed by atoms with E-state index in [9.17, 15) is 0 Å². The van der Waals surface area contributed by atoms with Gasteiger partial charge in [-0.2, -0.15) is 0 Å². The molecule has 0 aliphatic carbocycles. The van der Waals surface area contributed by atoms with E-state index in [1.807, 2.05) is 39.0 Å². The Morgan fingerprint density at radius 2 is 1.84 bits per heavy atom. The molecular formula is C15H18ClNO2. The monoisotopic (exact) mass is 279 g/mol. The van der Waals surface area contributed by atoms with Gasteiger partial charge >= 0.3 is 0 Å². The quantitative estimate of drug-likeness (QED) is 0.605. The zero-order chi connectivity index (χ0) is 13.8. The third-order valence-corrected chi connectivity index (χ3v) is 3.15. The van der Waals surface area contributed by atoms with Crippen molar-refractivity contribution < 1.29 is 9.47 Å². The number of rotatable bonds is 5. The molecule has 0 unspecified atom stereocenters. The van der Waals surface area contributed by atoms with E-state index in [-0.39, 0.29) is 0 Å². The van der Waals surface area contributed by atoms with E-state index in [1.54, 1.807) is 0 Å². The van der Waals surface area contributed by atoms with Crippen LogP contribution in [-0.2, 0) is 9.47 Å². The molecule has 1 heterocycles. The molecule has 4 heteroatoms. The highest BCUT2D eigenvalue weighted by molar-refractivity contribution is 6.30. The van der Waals surface area contributed by atoms with Gasteiger partial charge in [-0.1, -0.05) is 23.7 Å². The maximum atomic E-state index is 6.25. The van der Waals surface area contributed by atoms with E-state index in [0.29, 0.717) is 18.4 Å². The molecule has 0 saturated carbocycles. The van der Waals surface area contributed by atoms with Gasteiger partial charge in [0.05, 0.1) is 5.52 Å². The molecule has 0 aliphatic rings. The Morgan fingerprint density at radius 1 is 1.16 bits per heavy atom. The lowest BCUT2D eigenvalue weighted by Gasteiger charge is -2.18. The van der Waals surface area contributed by atoms with E-state index >= 15 is 0 Å². The van der Waals surface area contributed by atoms with Gasteiger partial charge in [0.25, 0.3) is 0 Å². The molecule has 0 fully saturated rings. The molecule has 1 aromatic carbocycles. The van der Waals surface area contributed by atoms with Gasteiger partial charge in [0.2, 0.25) is 0 Å². The number of benzene rings is 1. The second kappa shape index (κ2) is 6.33. The van der Waals surface area contributed by atoms with Crippen LogP contribution in [0.2, 0.25) is 5.15 Å². The van der Waals surface area contributed by atoms with E-state index in [2.05, 4.69) is 11.1 Å². The summed E-state index contributed by atoms with van der Waals surface area (Å²) < 4.78 is 11.2. The molecule has 0 amide bonds. The number of hydrogen-bond acceptors (Lipinski definition) is 3. The molecule has 0 spiro atoms. The Balaban J connectivity index is 2.47. The first kappa shape index (κ1) is 14.3. The molecule has 0 bridgehead atoms. The first-order valence-electron chi connectivity index (χ1n) is 6.45. The van der Waals surface area contributed by atoms with Crippen LogP contribution in [0.4, 0.5) is 0 Å². The van der Waals surface area contributed by atoms with E-state index in [1.165, 1.54) is 0 Å². The Morgan fingerprint density at radius 3 is 2.47 bits per heavy atom. The number of fused-ring (bicyclic) bond motifs is 1. The van der Waals surface area contributed by atoms with Crippen LogP contribution in [0.25, 0.3) is 10.9 Å². The third-order valence-electron chi connectivity index (χ3n) is 2.84. The molecule has 102 valence electrons. The maximum Gasteiger partial charge on any atom is 0.186 e. The minimum Gasteiger partial charge on any atom is -0.349 e. The molecule has 19 heavy (non-hydrogen) atoms. The van der Waals surface area contributed by atoms with Gasteiger partial charge in [0.15, 0.2) is 6.29 Å². The van der Waals surface area contributed by atoms with Crippen molar-refractivity contribution in [2.45, 2.75) is 27.1 Å². The van der Waals surface area contributed by atoms with Crippen molar-refractivity contribution in [1.82, 2.24) is 4.98 Å². The molecule has 0 radical (unpaired) electrons. The van der Waals surface area contributed by atoms with Crippen molar-refractivity contribution in [2.75, 3.05) is 13.2 Å². The van der Waals surface area contributed by atoms with Gasteiger partial charge in [0, 0.05) is 24.2 Å². The first-order valence-corrected chi connectivity index (χ1v) is 6.83. The van der Waals surface area contributed by atoms with Crippen molar-refractivity contribution in [1.29, 1.82) is 0 Å². The minimum absolute atomic E-state index is 0.435. The highest BCUT2D eigenvalue weighted by Gasteiger charge is 2.17. The smallest absolute Gasteiger partial charge is 0.186 e. The molecular weight excluding hydrogens is 262 g/mol. The lowest BCUT2D eigenvalue weighted by molar-refractivity contribution is -0.140. The summed E-state index contributed by atoms with van der Waals surface area (Å²) in [6.45, 7) is 7.02. The zero-order valence-electron chi connectivity index (χ0n) is 11.4.